The zero-order chi connectivity index (χ0) is 11.0. The first-order valence-corrected chi connectivity index (χ1v) is 5.07. The van der Waals surface area contributed by atoms with Crippen LogP contribution < -0.4 is 0 Å². The molecule has 15 heavy (non-hydrogen) atoms. The molecule has 0 atom stereocenters. The second-order valence-corrected chi connectivity index (χ2v) is 4.00. The Kier molecular flexibility index (Phi) is 2.40. The molecule has 0 aliphatic rings. The Morgan fingerprint density at radius 1 is 1.40 bits per heavy atom. The Balaban J connectivity index is 2.63. The molecule has 0 aliphatic heterocycles. The maximum atomic E-state index is 10.6. The molecule has 0 saturated heterocycles. The normalized spacial score (nSPS) is 10.7. The average Bonchev–Trinajstić information content (AvgIpc) is 2.41. The van der Waals surface area contributed by atoms with E-state index >= 15 is 0 Å². The van der Waals surface area contributed by atoms with Crippen LogP contribution in [-0.2, 0) is 11.3 Å². The molecule has 0 radical (unpaired) electrons. The Hall–Kier alpha value is -1.49. The van der Waals surface area contributed by atoms with Gasteiger partial charge >= 0.3 is 5.97 Å². The quantitative estimate of drug-likeness (QED) is 0.879. The number of aliphatic carboxylic acids is 1. The highest BCUT2D eigenvalue weighted by atomic mass is 79.9. The first-order chi connectivity index (χ1) is 7.08. The summed E-state index contributed by atoms with van der Waals surface area (Å²) in [5, 5.41) is 18.8. The number of carbonyl (C=O) groups is 1. The van der Waals surface area contributed by atoms with E-state index in [1.807, 2.05) is 0 Å². The lowest BCUT2D eigenvalue weighted by Crippen LogP contribution is -2.08. The number of rotatable bonds is 2. The van der Waals surface area contributed by atoms with Gasteiger partial charge in [0.1, 0.15) is 12.3 Å². The molecular weight excluding hydrogens is 262 g/mol. The fraction of sp³-hybridized carbons (Fsp3) is 0.100. The third-order valence-electron chi connectivity index (χ3n) is 2.13. The zero-order valence-corrected chi connectivity index (χ0v) is 9.23. The highest BCUT2D eigenvalue weighted by Crippen LogP contribution is 2.26. The minimum absolute atomic E-state index is 0.102. The summed E-state index contributed by atoms with van der Waals surface area (Å²) in [6.45, 7) is -0.102. The van der Waals surface area contributed by atoms with Gasteiger partial charge in [-0.15, -0.1) is 0 Å². The van der Waals surface area contributed by atoms with Crippen molar-refractivity contribution in [3.05, 3.63) is 28.9 Å². The number of carboxylic acid groups (broad SMARTS) is 1. The first-order valence-electron chi connectivity index (χ1n) is 4.27. The summed E-state index contributed by atoms with van der Waals surface area (Å²) < 4.78 is 2.31. The van der Waals surface area contributed by atoms with Gasteiger partial charge in [-0.3, -0.25) is 4.79 Å². The number of carboxylic acids is 1. The molecule has 0 bridgehead atoms. The van der Waals surface area contributed by atoms with Gasteiger partial charge in [-0.2, -0.15) is 0 Å². The van der Waals surface area contributed by atoms with Crippen molar-refractivity contribution in [2.24, 2.45) is 0 Å². The zero-order valence-electron chi connectivity index (χ0n) is 7.64. The van der Waals surface area contributed by atoms with Crippen LogP contribution in [0.5, 0.6) is 5.75 Å². The van der Waals surface area contributed by atoms with E-state index in [-0.39, 0.29) is 12.3 Å². The molecule has 78 valence electrons. The van der Waals surface area contributed by atoms with E-state index in [9.17, 15) is 9.90 Å². The van der Waals surface area contributed by atoms with Crippen LogP contribution in [0.4, 0.5) is 0 Å². The molecule has 0 spiro atoms. The van der Waals surface area contributed by atoms with Gasteiger partial charge in [0.05, 0.1) is 4.60 Å². The van der Waals surface area contributed by atoms with Crippen molar-refractivity contribution in [2.45, 2.75) is 6.54 Å². The molecule has 5 heteroatoms. The second kappa shape index (κ2) is 3.58. The summed E-state index contributed by atoms with van der Waals surface area (Å²) in [6, 6.07) is 6.60. The number of halogens is 1. The highest BCUT2D eigenvalue weighted by molar-refractivity contribution is 9.10. The van der Waals surface area contributed by atoms with Crippen LogP contribution in [0.25, 0.3) is 10.9 Å². The van der Waals surface area contributed by atoms with Gasteiger partial charge in [0, 0.05) is 10.9 Å². The SMILES string of the molecule is O=C(O)Cn1c(Br)cc2cc(O)ccc21. The predicted octanol–water partition coefficient (Wildman–Crippen LogP) is 2.19. The Morgan fingerprint density at radius 2 is 2.13 bits per heavy atom. The number of hydrogen-bond donors (Lipinski definition) is 2. The smallest absolute Gasteiger partial charge is 0.323 e. The van der Waals surface area contributed by atoms with E-state index < -0.39 is 5.97 Å². The molecule has 2 aromatic rings. The molecule has 1 aromatic carbocycles. The molecule has 2 N–H and O–H groups in total. The average molecular weight is 270 g/mol. The van der Waals surface area contributed by atoms with Crippen LogP contribution in [0.2, 0.25) is 0 Å². The number of aromatic hydroxyl groups is 1. The van der Waals surface area contributed by atoms with Crippen molar-refractivity contribution in [3.8, 4) is 5.75 Å². The van der Waals surface area contributed by atoms with Gasteiger partial charge in [-0.05, 0) is 40.2 Å². The van der Waals surface area contributed by atoms with Crippen molar-refractivity contribution >= 4 is 32.8 Å². The lowest BCUT2D eigenvalue weighted by molar-refractivity contribution is -0.137. The maximum Gasteiger partial charge on any atom is 0.323 e. The standard InChI is InChI=1S/C10H8BrNO3/c11-9-4-6-3-7(13)1-2-8(6)12(9)5-10(14)15/h1-4,13H,5H2,(H,14,15). The van der Waals surface area contributed by atoms with E-state index in [4.69, 9.17) is 5.11 Å². The Bertz CT molecular complexity index is 533. The number of phenols is 1. The van der Waals surface area contributed by atoms with Gasteiger partial charge in [0.15, 0.2) is 0 Å². The summed E-state index contributed by atoms with van der Waals surface area (Å²) in [6.07, 6.45) is 0. The van der Waals surface area contributed by atoms with Crippen LogP contribution in [0.1, 0.15) is 0 Å². The number of nitrogens with zero attached hydrogens (tertiary/aromatic N) is 1. The fourth-order valence-corrected chi connectivity index (χ4v) is 2.08. The lowest BCUT2D eigenvalue weighted by atomic mass is 10.2. The molecule has 4 nitrogen and oxygen atoms in total. The highest BCUT2D eigenvalue weighted by Gasteiger charge is 2.09. The summed E-state index contributed by atoms with van der Waals surface area (Å²) >= 11 is 3.28. The summed E-state index contributed by atoms with van der Waals surface area (Å²) in [5.41, 5.74) is 0.780. The maximum absolute atomic E-state index is 10.6. The predicted molar refractivity (Wildman–Crippen MR) is 58.9 cm³/mol. The number of aromatic nitrogens is 1. The van der Waals surface area contributed by atoms with E-state index in [2.05, 4.69) is 15.9 Å². The summed E-state index contributed by atoms with van der Waals surface area (Å²) in [7, 11) is 0. The summed E-state index contributed by atoms with van der Waals surface area (Å²) in [5.74, 6) is -0.733. The van der Waals surface area contributed by atoms with E-state index in [1.165, 1.54) is 6.07 Å². The van der Waals surface area contributed by atoms with Gasteiger partial charge in [0.25, 0.3) is 0 Å². The van der Waals surface area contributed by atoms with Gasteiger partial charge < -0.3 is 14.8 Å². The lowest BCUT2D eigenvalue weighted by Gasteiger charge is -2.02. The van der Waals surface area contributed by atoms with Crippen molar-refractivity contribution < 1.29 is 15.0 Å². The number of benzene rings is 1. The Morgan fingerprint density at radius 3 is 2.80 bits per heavy atom. The first kappa shape index (κ1) is 10.0. The second-order valence-electron chi connectivity index (χ2n) is 3.19. The van der Waals surface area contributed by atoms with E-state index in [1.54, 1.807) is 22.8 Å². The van der Waals surface area contributed by atoms with Crippen LogP contribution in [0, 0.1) is 0 Å². The van der Waals surface area contributed by atoms with Crippen LogP contribution in [0.3, 0.4) is 0 Å². The third kappa shape index (κ3) is 1.83. The molecule has 0 saturated carbocycles. The molecule has 2 rings (SSSR count). The van der Waals surface area contributed by atoms with Crippen molar-refractivity contribution in [1.29, 1.82) is 0 Å². The molecule has 0 fully saturated rings. The largest absolute Gasteiger partial charge is 0.508 e. The topological polar surface area (TPSA) is 62.5 Å². The molecule has 0 aliphatic carbocycles. The van der Waals surface area contributed by atoms with E-state index in [0.717, 1.165) is 10.9 Å². The minimum atomic E-state index is -0.902. The van der Waals surface area contributed by atoms with Crippen LogP contribution in [-0.4, -0.2) is 20.7 Å². The van der Waals surface area contributed by atoms with Crippen molar-refractivity contribution in [2.75, 3.05) is 0 Å². The van der Waals surface area contributed by atoms with Crippen LogP contribution in [0.15, 0.2) is 28.9 Å². The number of hydrogen-bond acceptors (Lipinski definition) is 2. The molecule has 0 amide bonds. The van der Waals surface area contributed by atoms with E-state index in [0.29, 0.717) is 4.60 Å². The van der Waals surface area contributed by atoms with Crippen LogP contribution >= 0.6 is 15.9 Å². The van der Waals surface area contributed by atoms with Gasteiger partial charge in [-0.1, -0.05) is 0 Å². The van der Waals surface area contributed by atoms with Gasteiger partial charge in [-0.25, -0.2) is 0 Å². The van der Waals surface area contributed by atoms with Crippen molar-refractivity contribution in [3.63, 3.8) is 0 Å². The molecule has 0 unspecified atom stereocenters. The number of phenolic OH excluding ortho intramolecular Hbond substituents is 1. The summed E-state index contributed by atoms with van der Waals surface area (Å²) in [4.78, 5) is 10.6. The van der Waals surface area contributed by atoms with Crippen molar-refractivity contribution in [1.82, 2.24) is 4.57 Å². The monoisotopic (exact) mass is 269 g/mol. The minimum Gasteiger partial charge on any atom is -0.508 e. The Labute approximate surface area is 93.9 Å². The molecule has 1 heterocycles. The van der Waals surface area contributed by atoms with Gasteiger partial charge in [0.2, 0.25) is 0 Å². The number of fused-ring (bicyclic) bond motifs is 1. The fourth-order valence-electron chi connectivity index (χ4n) is 1.52. The molecule has 1 aromatic heterocycles. The third-order valence-corrected chi connectivity index (χ3v) is 2.78. The molecular formula is C10H8BrNO3.